The van der Waals surface area contributed by atoms with Crippen molar-refractivity contribution in [3.05, 3.63) is 40.6 Å². The number of nitrogens with zero attached hydrogens (tertiary/aromatic N) is 4. The van der Waals surface area contributed by atoms with Crippen LogP contribution in [0.1, 0.15) is 37.8 Å². The summed E-state index contributed by atoms with van der Waals surface area (Å²) in [5.74, 6) is 1.86. The molecule has 0 unspecified atom stereocenters. The maximum Gasteiger partial charge on any atom is 0.261 e. The van der Waals surface area contributed by atoms with Gasteiger partial charge >= 0.3 is 0 Å². The van der Waals surface area contributed by atoms with Crippen molar-refractivity contribution >= 4 is 0 Å². The Balaban J connectivity index is 1.49. The number of rotatable bonds is 4. The average Bonchev–Trinajstić information content (AvgIpc) is 3.33. The first-order valence-electron chi connectivity index (χ1n) is 10.4. The van der Waals surface area contributed by atoms with E-state index in [1.807, 2.05) is 23.0 Å². The van der Waals surface area contributed by atoms with Gasteiger partial charge in [0.1, 0.15) is 5.82 Å². The van der Waals surface area contributed by atoms with E-state index in [0.29, 0.717) is 17.9 Å². The Labute approximate surface area is 160 Å². The van der Waals surface area contributed by atoms with Crippen molar-refractivity contribution in [2.75, 3.05) is 26.2 Å². The number of nitrogens with one attached hydrogen (secondary N) is 1. The van der Waals surface area contributed by atoms with E-state index in [9.17, 15) is 4.79 Å². The zero-order chi connectivity index (χ0) is 18.4. The van der Waals surface area contributed by atoms with Crippen molar-refractivity contribution < 1.29 is 0 Å². The number of likely N-dealkylation sites (N-methyl/N-ethyl adjacent to an activating group) is 1. The van der Waals surface area contributed by atoms with Gasteiger partial charge in [0.05, 0.1) is 5.56 Å². The van der Waals surface area contributed by atoms with Gasteiger partial charge in [-0.2, -0.15) is 0 Å². The minimum atomic E-state index is 0.135. The zero-order valence-corrected chi connectivity index (χ0v) is 16.1. The second-order valence-electron chi connectivity index (χ2n) is 8.37. The molecule has 0 spiro atoms. The number of hydrogen-bond donors (Lipinski definition) is 1. The molecule has 0 saturated carbocycles. The lowest BCUT2D eigenvalue weighted by Gasteiger charge is -2.37. The SMILES string of the molecule is CCN1CCC[C@H]1Cn1ccnc1-c1ccc2n(c1=O)C[C@@H]1CNC[C@H]2C1. The normalized spacial score (nSPS) is 27.7. The van der Waals surface area contributed by atoms with Gasteiger partial charge in [-0.3, -0.25) is 9.69 Å². The lowest BCUT2D eigenvalue weighted by Crippen LogP contribution is -2.45. The molecule has 5 heterocycles. The van der Waals surface area contributed by atoms with Gasteiger partial charge < -0.3 is 14.5 Å². The Kier molecular flexibility index (Phi) is 4.40. The molecule has 2 fully saturated rings. The van der Waals surface area contributed by atoms with Gasteiger partial charge in [-0.25, -0.2) is 4.98 Å². The predicted molar refractivity (Wildman–Crippen MR) is 106 cm³/mol. The number of aromatic nitrogens is 3. The minimum absolute atomic E-state index is 0.135. The van der Waals surface area contributed by atoms with E-state index >= 15 is 0 Å². The standard InChI is InChI=1S/C21H29N5O/c1-2-24-8-3-4-17(24)14-25-9-7-23-20(25)18-5-6-19-16-10-15(11-22-12-16)13-26(19)21(18)27/h5-7,9,15-17,22H,2-4,8,10-14H2,1H3/t15-,16+,17-/m0/s1. The predicted octanol–water partition coefficient (Wildman–Crippen LogP) is 1.90. The average molecular weight is 367 g/mol. The molecule has 5 rings (SSSR count). The van der Waals surface area contributed by atoms with Crippen molar-refractivity contribution in [2.24, 2.45) is 5.92 Å². The summed E-state index contributed by atoms with van der Waals surface area (Å²) >= 11 is 0. The number of imidazole rings is 1. The minimum Gasteiger partial charge on any atom is -0.329 e. The highest BCUT2D eigenvalue weighted by Gasteiger charge is 2.32. The van der Waals surface area contributed by atoms with E-state index in [2.05, 4.69) is 32.8 Å². The molecule has 6 heteroatoms. The van der Waals surface area contributed by atoms with Crippen LogP contribution in [0.4, 0.5) is 0 Å². The maximum absolute atomic E-state index is 13.3. The van der Waals surface area contributed by atoms with Crippen LogP contribution < -0.4 is 10.9 Å². The monoisotopic (exact) mass is 367 g/mol. The smallest absolute Gasteiger partial charge is 0.261 e. The number of piperidine rings is 1. The molecule has 0 radical (unpaired) electrons. The van der Waals surface area contributed by atoms with Crippen molar-refractivity contribution in [1.29, 1.82) is 0 Å². The van der Waals surface area contributed by atoms with Crippen molar-refractivity contribution in [1.82, 2.24) is 24.3 Å². The summed E-state index contributed by atoms with van der Waals surface area (Å²) < 4.78 is 4.22. The van der Waals surface area contributed by atoms with E-state index in [-0.39, 0.29) is 5.56 Å². The molecule has 2 saturated heterocycles. The van der Waals surface area contributed by atoms with E-state index in [0.717, 1.165) is 44.1 Å². The van der Waals surface area contributed by atoms with Crippen LogP contribution in [0.2, 0.25) is 0 Å². The second-order valence-corrected chi connectivity index (χ2v) is 8.37. The molecule has 6 nitrogen and oxygen atoms in total. The number of pyridine rings is 1. The summed E-state index contributed by atoms with van der Waals surface area (Å²) in [6, 6.07) is 4.72. The summed E-state index contributed by atoms with van der Waals surface area (Å²) in [6.07, 6.45) is 7.56. The Bertz CT molecular complexity index is 885. The molecule has 3 aliphatic heterocycles. The topological polar surface area (TPSA) is 55.1 Å². The van der Waals surface area contributed by atoms with Crippen molar-refractivity contribution in [3.8, 4) is 11.4 Å². The summed E-state index contributed by atoms with van der Waals surface area (Å²) in [7, 11) is 0. The van der Waals surface area contributed by atoms with Gasteiger partial charge in [0.2, 0.25) is 0 Å². The van der Waals surface area contributed by atoms with Crippen LogP contribution in [0.25, 0.3) is 11.4 Å². The third-order valence-corrected chi connectivity index (χ3v) is 6.78. The molecular weight excluding hydrogens is 338 g/mol. The van der Waals surface area contributed by atoms with Gasteiger partial charge in [0.25, 0.3) is 5.56 Å². The summed E-state index contributed by atoms with van der Waals surface area (Å²) in [5.41, 5.74) is 2.08. The Morgan fingerprint density at radius 1 is 1.30 bits per heavy atom. The van der Waals surface area contributed by atoms with E-state index < -0.39 is 0 Å². The van der Waals surface area contributed by atoms with Crippen LogP contribution in [0.5, 0.6) is 0 Å². The molecule has 2 bridgehead atoms. The van der Waals surface area contributed by atoms with Crippen LogP contribution in [0, 0.1) is 5.92 Å². The summed E-state index contributed by atoms with van der Waals surface area (Å²) in [5, 5.41) is 3.51. The van der Waals surface area contributed by atoms with E-state index in [1.165, 1.54) is 31.5 Å². The molecule has 1 N–H and O–H groups in total. The Morgan fingerprint density at radius 3 is 3.11 bits per heavy atom. The number of fused-ring (bicyclic) bond motifs is 4. The third-order valence-electron chi connectivity index (χ3n) is 6.78. The zero-order valence-electron chi connectivity index (χ0n) is 16.1. The third kappa shape index (κ3) is 2.95. The van der Waals surface area contributed by atoms with Crippen LogP contribution in [-0.2, 0) is 13.1 Å². The van der Waals surface area contributed by atoms with Gasteiger partial charge in [-0.15, -0.1) is 0 Å². The van der Waals surface area contributed by atoms with Crippen LogP contribution in [0.15, 0.2) is 29.3 Å². The molecule has 144 valence electrons. The fourth-order valence-electron chi connectivity index (χ4n) is 5.41. The Morgan fingerprint density at radius 2 is 2.22 bits per heavy atom. The van der Waals surface area contributed by atoms with Gasteiger partial charge in [0.15, 0.2) is 0 Å². The maximum atomic E-state index is 13.3. The highest BCUT2D eigenvalue weighted by atomic mass is 16.1. The lowest BCUT2D eigenvalue weighted by atomic mass is 9.84. The molecule has 0 aromatic carbocycles. The fraction of sp³-hybridized carbons (Fsp3) is 0.619. The van der Waals surface area contributed by atoms with E-state index in [4.69, 9.17) is 0 Å². The number of hydrogen-bond acceptors (Lipinski definition) is 4. The van der Waals surface area contributed by atoms with Gasteiger partial charge in [-0.05, 0) is 56.9 Å². The largest absolute Gasteiger partial charge is 0.329 e. The van der Waals surface area contributed by atoms with Gasteiger partial charge in [-0.1, -0.05) is 6.92 Å². The van der Waals surface area contributed by atoms with E-state index in [1.54, 1.807) is 0 Å². The van der Waals surface area contributed by atoms with Crippen LogP contribution >= 0.6 is 0 Å². The molecular formula is C21H29N5O. The Hall–Kier alpha value is -1.92. The molecule has 2 aromatic rings. The summed E-state index contributed by atoms with van der Waals surface area (Å²) in [6.45, 7) is 8.26. The second kappa shape index (κ2) is 6.91. The highest BCUT2D eigenvalue weighted by Crippen LogP contribution is 2.32. The number of likely N-dealkylation sites (tertiary alicyclic amines) is 1. The molecule has 3 aliphatic rings. The quantitative estimate of drug-likeness (QED) is 0.897. The first-order chi connectivity index (χ1) is 13.2. The highest BCUT2D eigenvalue weighted by molar-refractivity contribution is 5.55. The van der Waals surface area contributed by atoms with Crippen molar-refractivity contribution in [3.63, 3.8) is 0 Å². The first-order valence-corrected chi connectivity index (χ1v) is 10.4. The van der Waals surface area contributed by atoms with Crippen LogP contribution in [0.3, 0.4) is 0 Å². The molecule has 27 heavy (non-hydrogen) atoms. The van der Waals surface area contributed by atoms with Crippen LogP contribution in [-0.4, -0.2) is 51.2 Å². The summed E-state index contributed by atoms with van der Waals surface area (Å²) in [4.78, 5) is 20.5. The van der Waals surface area contributed by atoms with Gasteiger partial charge in [0, 0.05) is 49.7 Å². The molecule has 3 atom stereocenters. The first kappa shape index (κ1) is 17.2. The molecule has 0 aliphatic carbocycles. The lowest BCUT2D eigenvalue weighted by molar-refractivity contribution is 0.245. The molecule has 0 amide bonds. The molecule has 2 aromatic heterocycles. The van der Waals surface area contributed by atoms with Crippen molar-refractivity contribution in [2.45, 2.75) is 51.2 Å². The fourth-order valence-corrected chi connectivity index (χ4v) is 5.41.